The summed E-state index contributed by atoms with van der Waals surface area (Å²) < 4.78 is 67.5. The summed E-state index contributed by atoms with van der Waals surface area (Å²) in [5.41, 5.74) is 0. The molecule has 0 aliphatic rings. The third-order valence-electron chi connectivity index (χ3n) is 13.4. The lowest BCUT2D eigenvalue weighted by Gasteiger charge is -2.21. The SMILES string of the molecule is CCCCCCCCCCCCCCC(=O)O[C@H](COC(=O)CCCCCCCCCCCC)COP(=O)(O)OC[C@@H](O)COP(=O)(O)OC[C@@H](COC(=O)CCCCCCC)OC(=O)CCCCCCCCCCCC. The van der Waals surface area contributed by atoms with Crippen molar-refractivity contribution in [2.75, 3.05) is 39.6 Å². The van der Waals surface area contributed by atoms with Crippen molar-refractivity contribution in [3.05, 3.63) is 0 Å². The van der Waals surface area contributed by atoms with E-state index < -0.39 is 97.5 Å². The molecule has 0 saturated carbocycles. The van der Waals surface area contributed by atoms with Gasteiger partial charge in [-0.3, -0.25) is 37.3 Å². The molecule has 0 fully saturated rings. The Labute approximate surface area is 467 Å². The van der Waals surface area contributed by atoms with Gasteiger partial charge in [-0.15, -0.1) is 0 Å². The predicted octanol–water partition coefficient (Wildman–Crippen LogP) is 15.6. The summed E-state index contributed by atoms with van der Waals surface area (Å²) in [7, 11) is -9.86. The second-order valence-electron chi connectivity index (χ2n) is 21.0. The lowest BCUT2D eigenvalue weighted by Crippen LogP contribution is -2.30. The highest BCUT2D eigenvalue weighted by Gasteiger charge is 2.30. The minimum absolute atomic E-state index is 0.106. The van der Waals surface area contributed by atoms with Gasteiger partial charge < -0.3 is 33.8 Å². The highest BCUT2D eigenvalue weighted by atomic mass is 31.2. The second-order valence-corrected chi connectivity index (χ2v) is 23.9. The maximum Gasteiger partial charge on any atom is 0.472 e. The number of phosphoric acid groups is 2. The van der Waals surface area contributed by atoms with Crippen LogP contribution in [0.15, 0.2) is 0 Å². The van der Waals surface area contributed by atoms with Crippen LogP contribution in [0.3, 0.4) is 0 Å². The maximum atomic E-state index is 12.9. The third-order valence-corrected chi connectivity index (χ3v) is 15.3. The van der Waals surface area contributed by atoms with Crippen LogP contribution in [0.5, 0.6) is 0 Å². The van der Waals surface area contributed by atoms with Gasteiger partial charge in [0.25, 0.3) is 0 Å². The smallest absolute Gasteiger partial charge is 0.462 e. The molecule has 0 radical (unpaired) electrons. The summed E-state index contributed by atoms with van der Waals surface area (Å²) in [5.74, 6) is -2.15. The van der Waals surface area contributed by atoms with Crippen molar-refractivity contribution in [1.29, 1.82) is 0 Å². The Morgan fingerprint density at radius 1 is 0.312 bits per heavy atom. The summed E-state index contributed by atoms with van der Waals surface area (Å²) in [6.45, 7) is 4.75. The molecule has 0 rings (SSSR count). The summed E-state index contributed by atoms with van der Waals surface area (Å²) in [6, 6.07) is 0. The summed E-state index contributed by atoms with van der Waals surface area (Å²) in [4.78, 5) is 71.6. The number of aliphatic hydroxyl groups is 1. The van der Waals surface area contributed by atoms with E-state index in [2.05, 4.69) is 27.7 Å². The fraction of sp³-hybridized carbons (Fsp3) is 0.931. The number of carbonyl (C=O) groups is 4. The van der Waals surface area contributed by atoms with E-state index in [4.69, 9.17) is 37.0 Å². The van der Waals surface area contributed by atoms with Crippen molar-refractivity contribution in [2.24, 2.45) is 0 Å². The molecule has 0 heterocycles. The van der Waals surface area contributed by atoms with E-state index in [0.717, 1.165) is 96.3 Å². The van der Waals surface area contributed by atoms with Crippen molar-refractivity contribution in [2.45, 2.75) is 309 Å². The number of esters is 4. The quantitative estimate of drug-likeness (QED) is 0.0222. The van der Waals surface area contributed by atoms with Crippen molar-refractivity contribution >= 4 is 39.5 Å². The average molecular weight is 1140 g/mol. The van der Waals surface area contributed by atoms with Gasteiger partial charge in [-0.1, -0.05) is 240 Å². The Bertz CT molecular complexity index is 1500. The van der Waals surface area contributed by atoms with Gasteiger partial charge in [0, 0.05) is 25.7 Å². The van der Waals surface area contributed by atoms with E-state index in [1.807, 2.05) is 0 Å². The van der Waals surface area contributed by atoms with Gasteiger partial charge in [-0.2, -0.15) is 0 Å². The predicted molar refractivity (Wildman–Crippen MR) is 303 cm³/mol. The maximum absolute atomic E-state index is 12.9. The third kappa shape index (κ3) is 53.2. The Morgan fingerprint density at radius 3 is 0.766 bits per heavy atom. The minimum Gasteiger partial charge on any atom is -0.462 e. The molecule has 3 N–H and O–H groups in total. The molecule has 0 aliphatic carbocycles. The molecule has 0 aliphatic heterocycles. The number of aliphatic hydroxyl groups excluding tert-OH is 1. The molecule has 0 amide bonds. The molecule has 456 valence electrons. The first-order valence-corrected chi connectivity index (χ1v) is 33.8. The Morgan fingerprint density at radius 2 is 0.519 bits per heavy atom. The number of ether oxygens (including phenoxy) is 4. The van der Waals surface area contributed by atoms with Crippen LogP contribution in [-0.2, 0) is 65.4 Å². The second kappa shape index (κ2) is 53.4. The summed E-state index contributed by atoms with van der Waals surface area (Å²) >= 11 is 0. The molecule has 0 saturated heterocycles. The molecular formula is C58H112O17P2. The molecule has 0 spiro atoms. The van der Waals surface area contributed by atoms with E-state index in [1.165, 1.54) is 116 Å². The van der Waals surface area contributed by atoms with Crippen LogP contribution in [0.2, 0.25) is 0 Å². The molecule has 0 aromatic heterocycles. The molecule has 2 unspecified atom stereocenters. The van der Waals surface area contributed by atoms with Crippen LogP contribution < -0.4 is 0 Å². The molecule has 0 bridgehead atoms. The van der Waals surface area contributed by atoms with Crippen LogP contribution in [0.25, 0.3) is 0 Å². The first-order chi connectivity index (χ1) is 37.2. The van der Waals surface area contributed by atoms with Crippen LogP contribution in [0.4, 0.5) is 0 Å². The summed E-state index contributed by atoms with van der Waals surface area (Å²) in [5, 5.41) is 10.5. The van der Waals surface area contributed by atoms with Gasteiger partial charge >= 0.3 is 39.5 Å². The first kappa shape index (κ1) is 75.1. The standard InChI is InChI=1S/C58H112O17P2/c1-5-9-13-17-20-23-26-27-30-33-37-41-45-58(63)75-54(49-69-56(61)43-39-35-31-28-24-21-18-14-10-6-2)51-73-77(66,67)71-47-52(59)46-70-76(64,65)72-50-53(48-68-55(60)42-38-34-16-12-8-4)74-57(62)44-40-36-32-29-25-22-19-15-11-7-3/h52-54,59H,5-51H2,1-4H3,(H,64,65)(H,66,67)/t52-,53+,54+/m0/s1. The molecule has 77 heavy (non-hydrogen) atoms. The van der Waals surface area contributed by atoms with Crippen molar-refractivity contribution < 1.29 is 80.2 Å². The Balaban J connectivity index is 5.18. The van der Waals surface area contributed by atoms with Crippen molar-refractivity contribution in [3.63, 3.8) is 0 Å². The van der Waals surface area contributed by atoms with Crippen LogP contribution in [-0.4, -0.2) is 96.7 Å². The first-order valence-electron chi connectivity index (χ1n) is 30.8. The molecular weight excluding hydrogens is 1030 g/mol. The molecule has 5 atom stereocenters. The lowest BCUT2D eigenvalue weighted by atomic mass is 10.0. The molecule has 0 aromatic carbocycles. The zero-order valence-corrected chi connectivity index (χ0v) is 50.7. The topological polar surface area (TPSA) is 237 Å². The number of phosphoric ester groups is 2. The van der Waals surface area contributed by atoms with Gasteiger partial charge in [0.2, 0.25) is 0 Å². The summed E-state index contributed by atoms with van der Waals surface area (Å²) in [6.07, 6.45) is 36.4. The van der Waals surface area contributed by atoms with E-state index >= 15 is 0 Å². The van der Waals surface area contributed by atoms with E-state index in [1.54, 1.807) is 0 Å². The zero-order chi connectivity index (χ0) is 56.9. The zero-order valence-electron chi connectivity index (χ0n) is 48.9. The lowest BCUT2D eigenvalue weighted by molar-refractivity contribution is -0.161. The molecule has 17 nitrogen and oxygen atoms in total. The highest BCUT2D eigenvalue weighted by molar-refractivity contribution is 7.47. The normalized spacial score (nSPS) is 14.3. The van der Waals surface area contributed by atoms with Gasteiger partial charge in [-0.25, -0.2) is 9.13 Å². The highest BCUT2D eigenvalue weighted by Crippen LogP contribution is 2.45. The van der Waals surface area contributed by atoms with Gasteiger partial charge in [0.15, 0.2) is 12.2 Å². The van der Waals surface area contributed by atoms with Crippen LogP contribution in [0, 0.1) is 0 Å². The number of unbranched alkanes of at least 4 members (excludes halogenated alkanes) is 33. The Kier molecular flexibility index (Phi) is 52.0. The van der Waals surface area contributed by atoms with E-state index in [9.17, 15) is 43.2 Å². The minimum atomic E-state index is -4.93. The van der Waals surface area contributed by atoms with Crippen LogP contribution in [0.1, 0.15) is 291 Å². The van der Waals surface area contributed by atoms with E-state index in [-0.39, 0.29) is 25.7 Å². The largest absolute Gasteiger partial charge is 0.472 e. The number of hydrogen-bond donors (Lipinski definition) is 3. The van der Waals surface area contributed by atoms with Gasteiger partial charge in [-0.05, 0) is 25.7 Å². The Hall–Kier alpha value is -1.94. The molecule has 19 heteroatoms. The van der Waals surface area contributed by atoms with E-state index in [0.29, 0.717) is 25.7 Å². The fourth-order valence-corrected chi connectivity index (χ4v) is 10.2. The van der Waals surface area contributed by atoms with Gasteiger partial charge in [0.1, 0.15) is 19.3 Å². The monoisotopic (exact) mass is 1140 g/mol. The molecule has 0 aromatic rings. The van der Waals surface area contributed by atoms with Crippen molar-refractivity contribution in [3.8, 4) is 0 Å². The van der Waals surface area contributed by atoms with Crippen LogP contribution >= 0.6 is 15.6 Å². The van der Waals surface area contributed by atoms with Gasteiger partial charge in [0.05, 0.1) is 26.4 Å². The number of hydrogen-bond acceptors (Lipinski definition) is 15. The number of rotatable bonds is 59. The van der Waals surface area contributed by atoms with Crippen molar-refractivity contribution in [1.82, 2.24) is 0 Å². The number of carbonyl (C=O) groups excluding carboxylic acids is 4. The average Bonchev–Trinajstić information content (AvgIpc) is 3.40. The fourth-order valence-electron chi connectivity index (χ4n) is 8.57.